The van der Waals surface area contributed by atoms with Crippen molar-refractivity contribution in [3.8, 4) is 17.2 Å². The number of methoxy groups -OCH3 is 1. The van der Waals surface area contributed by atoms with Crippen LogP contribution in [0.15, 0.2) is 17.4 Å². The summed E-state index contributed by atoms with van der Waals surface area (Å²) in [5.41, 5.74) is -1.18. The van der Waals surface area contributed by atoms with Gasteiger partial charge in [0.25, 0.3) is 0 Å². The molecule has 2 aliphatic rings. The summed E-state index contributed by atoms with van der Waals surface area (Å²) in [5.74, 6) is -1.02. The average Bonchev–Trinajstić information content (AvgIpc) is 2.73. The first-order valence-corrected chi connectivity index (χ1v) is 11.2. The number of hydrogen-bond donors (Lipinski definition) is 1. The molecule has 1 aromatic rings. The molecule has 1 aromatic carbocycles. The molecule has 6 heteroatoms. The van der Waals surface area contributed by atoms with Gasteiger partial charge in [-0.15, -0.1) is 0 Å². The first-order valence-electron chi connectivity index (χ1n) is 11.2. The van der Waals surface area contributed by atoms with Crippen molar-refractivity contribution in [1.82, 2.24) is 0 Å². The standard InChI is InChI=1S/C26H34O6/c1-10-13(4)20(28)17-14(27)11-15(31-9)18-16(12(2)3)19-22(29)25(5,6)24(30)26(7,8)23(19)32-21(17)18/h11-13,16,27H,10H2,1-9H3/t13-,16+/m0/s1. The van der Waals surface area contributed by atoms with E-state index in [1.807, 2.05) is 20.8 Å². The fraction of sp³-hybridized carbons (Fsp3) is 0.577. The van der Waals surface area contributed by atoms with Gasteiger partial charge in [-0.2, -0.15) is 0 Å². The lowest BCUT2D eigenvalue weighted by Crippen LogP contribution is -2.52. The third kappa shape index (κ3) is 3.18. The van der Waals surface area contributed by atoms with Gasteiger partial charge in [-0.1, -0.05) is 27.7 Å². The molecule has 0 radical (unpaired) electrons. The largest absolute Gasteiger partial charge is 0.507 e. The highest BCUT2D eigenvalue weighted by atomic mass is 16.5. The zero-order valence-corrected chi connectivity index (χ0v) is 20.5. The fourth-order valence-electron chi connectivity index (χ4n) is 5.02. The number of fused-ring (bicyclic) bond motifs is 1. The van der Waals surface area contributed by atoms with Crippen molar-refractivity contribution in [3.63, 3.8) is 0 Å². The van der Waals surface area contributed by atoms with Gasteiger partial charge in [-0.05, 0) is 40.0 Å². The number of aromatic hydroxyl groups is 1. The van der Waals surface area contributed by atoms with E-state index in [9.17, 15) is 19.5 Å². The Kier molecular flexibility index (Phi) is 5.82. The maximum absolute atomic E-state index is 13.6. The fourth-order valence-corrected chi connectivity index (χ4v) is 5.02. The molecule has 0 unspecified atom stereocenters. The Morgan fingerprint density at radius 1 is 1.16 bits per heavy atom. The molecule has 0 amide bonds. The summed E-state index contributed by atoms with van der Waals surface area (Å²) in [6, 6.07) is 1.42. The SMILES string of the molecule is CC[C@H](C)C(=O)c1c(O)cc(OC)c2c1OC1=C(C(=O)C(C)(C)C(=O)C1(C)C)[C@@H]2C(C)C. The van der Waals surface area contributed by atoms with E-state index in [0.29, 0.717) is 23.3 Å². The predicted octanol–water partition coefficient (Wildman–Crippen LogP) is 5.22. The molecule has 1 N–H and O–H groups in total. The molecule has 1 aliphatic carbocycles. The molecule has 1 heterocycles. The van der Waals surface area contributed by atoms with Crippen LogP contribution < -0.4 is 9.47 Å². The van der Waals surface area contributed by atoms with Gasteiger partial charge in [0, 0.05) is 29.0 Å². The lowest BCUT2D eigenvalue weighted by Gasteiger charge is -2.46. The number of phenols is 1. The van der Waals surface area contributed by atoms with E-state index in [1.54, 1.807) is 34.6 Å². The summed E-state index contributed by atoms with van der Waals surface area (Å²) in [5, 5.41) is 10.8. The smallest absolute Gasteiger partial charge is 0.175 e. The highest BCUT2D eigenvalue weighted by Gasteiger charge is 2.58. The van der Waals surface area contributed by atoms with Gasteiger partial charge in [0.15, 0.2) is 17.3 Å². The lowest BCUT2D eigenvalue weighted by molar-refractivity contribution is -0.144. The minimum Gasteiger partial charge on any atom is -0.507 e. The average molecular weight is 443 g/mol. The quantitative estimate of drug-likeness (QED) is 0.497. The summed E-state index contributed by atoms with van der Waals surface area (Å²) in [6.45, 7) is 14.5. The first-order chi connectivity index (χ1) is 14.7. The van der Waals surface area contributed by atoms with Crippen LogP contribution in [-0.2, 0) is 9.59 Å². The molecule has 0 spiro atoms. The van der Waals surface area contributed by atoms with Crippen molar-refractivity contribution in [2.75, 3.05) is 7.11 Å². The summed E-state index contributed by atoms with van der Waals surface area (Å²) in [7, 11) is 1.48. The van der Waals surface area contributed by atoms with E-state index in [0.717, 1.165) is 0 Å². The van der Waals surface area contributed by atoms with E-state index in [1.165, 1.54) is 13.2 Å². The van der Waals surface area contributed by atoms with Crippen molar-refractivity contribution in [2.45, 2.75) is 67.7 Å². The van der Waals surface area contributed by atoms with Gasteiger partial charge in [0.05, 0.1) is 17.9 Å². The second-order valence-corrected chi connectivity index (χ2v) is 10.4. The number of carbonyl (C=O) groups is 3. The summed E-state index contributed by atoms with van der Waals surface area (Å²) < 4.78 is 11.9. The number of rotatable bonds is 5. The number of ketones is 3. The monoisotopic (exact) mass is 442 g/mol. The molecular formula is C26H34O6. The molecule has 0 saturated heterocycles. The van der Waals surface area contributed by atoms with Crippen molar-refractivity contribution in [1.29, 1.82) is 0 Å². The van der Waals surface area contributed by atoms with Crippen LogP contribution in [0.3, 0.4) is 0 Å². The van der Waals surface area contributed by atoms with Gasteiger partial charge in [0.2, 0.25) is 0 Å². The molecule has 0 bridgehead atoms. The highest BCUT2D eigenvalue weighted by molar-refractivity contribution is 6.20. The number of ether oxygens (including phenoxy) is 2. The third-order valence-electron chi connectivity index (χ3n) is 7.04. The van der Waals surface area contributed by atoms with Gasteiger partial charge < -0.3 is 14.6 Å². The molecule has 2 atom stereocenters. The van der Waals surface area contributed by atoms with Crippen LogP contribution in [-0.4, -0.2) is 29.6 Å². The predicted molar refractivity (Wildman–Crippen MR) is 121 cm³/mol. The van der Waals surface area contributed by atoms with E-state index < -0.39 is 16.7 Å². The van der Waals surface area contributed by atoms with Crippen molar-refractivity contribution >= 4 is 17.3 Å². The van der Waals surface area contributed by atoms with E-state index >= 15 is 0 Å². The highest BCUT2D eigenvalue weighted by Crippen LogP contribution is 2.58. The zero-order chi connectivity index (χ0) is 24.3. The van der Waals surface area contributed by atoms with Crippen LogP contribution in [0.2, 0.25) is 0 Å². The van der Waals surface area contributed by atoms with Crippen molar-refractivity contribution in [2.24, 2.45) is 22.7 Å². The number of allylic oxidation sites excluding steroid dienone is 2. The van der Waals surface area contributed by atoms with Crippen LogP contribution >= 0.6 is 0 Å². The van der Waals surface area contributed by atoms with Crippen molar-refractivity contribution in [3.05, 3.63) is 28.5 Å². The minimum atomic E-state index is -1.20. The molecule has 0 saturated carbocycles. The number of phenolic OH excluding ortho intramolecular Hbond substituents is 1. The number of hydrogen-bond acceptors (Lipinski definition) is 6. The second kappa shape index (κ2) is 7.75. The van der Waals surface area contributed by atoms with Gasteiger partial charge in [-0.25, -0.2) is 0 Å². The van der Waals surface area contributed by atoms with E-state index in [2.05, 4.69) is 0 Å². The van der Waals surface area contributed by atoms with E-state index in [-0.39, 0.29) is 52.0 Å². The van der Waals surface area contributed by atoms with Gasteiger partial charge in [-0.3, -0.25) is 14.4 Å². The van der Waals surface area contributed by atoms with Gasteiger partial charge >= 0.3 is 0 Å². The molecule has 0 fully saturated rings. The van der Waals surface area contributed by atoms with Crippen LogP contribution in [0.4, 0.5) is 0 Å². The van der Waals surface area contributed by atoms with E-state index in [4.69, 9.17) is 9.47 Å². The second-order valence-electron chi connectivity index (χ2n) is 10.4. The molecule has 32 heavy (non-hydrogen) atoms. The normalized spacial score (nSPS) is 22.2. The molecule has 1 aliphatic heterocycles. The number of benzene rings is 1. The maximum Gasteiger partial charge on any atom is 0.175 e. The Balaban J connectivity index is 2.44. The van der Waals surface area contributed by atoms with Crippen molar-refractivity contribution < 1.29 is 29.0 Å². The Labute approximate surface area is 190 Å². The van der Waals surface area contributed by atoms with Crippen LogP contribution in [0.25, 0.3) is 0 Å². The Hall–Kier alpha value is -2.63. The summed E-state index contributed by atoms with van der Waals surface area (Å²) in [4.78, 5) is 40.2. The Morgan fingerprint density at radius 3 is 2.25 bits per heavy atom. The van der Waals surface area contributed by atoms with Crippen LogP contribution in [0.1, 0.15) is 83.7 Å². The molecule has 3 rings (SSSR count). The third-order valence-corrected chi connectivity index (χ3v) is 7.04. The minimum absolute atomic E-state index is 0.0589. The summed E-state index contributed by atoms with van der Waals surface area (Å²) >= 11 is 0. The number of Topliss-reactive ketones (excluding diaryl/α,β-unsaturated/α-hetero) is 3. The summed E-state index contributed by atoms with van der Waals surface area (Å²) in [6.07, 6.45) is 0.595. The Morgan fingerprint density at radius 2 is 1.75 bits per heavy atom. The van der Waals surface area contributed by atoms with Crippen LogP contribution in [0, 0.1) is 22.7 Å². The number of carbonyl (C=O) groups excluding carboxylic acids is 3. The lowest BCUT2D eigenvalue weighted by atomic mass is 9.59. The first kappa shape index (κ1) is 24.0. The molecular weight excluding hydrogens is 408 g/mol. The molecule has 0 aromatic heterocycles. The maximum atomic E-state index is 13.6. The molecule has 6 nitrogen and oxygen atoms in total. The van der Waals surface area contributed by atoms with Crippen LogP contribution in [0.5, 0.6) is 17.2 Å². The Bertz CT molecular complexity index is 1040. The molecule has 174 valence electrons. The topological polar surface area (TPSA) is 89.9 Å². The van der Waals surface area contributed by atoms with Gasteiger partial charge in [0.1, 0.15) is 28.6 Å². The zero-order valence-electron chi connectivity index (χ0n) is 20.5.